The van der Waals surface area contributed by atoms with Crippen LogP contribution in [0.1, 0.15) is 35.4 Å². The van der Waals surface area contributed by atoms with Crippen LogP contribution in [0.3, 0.4) is 0 Å². The van der Waals surface area contributed by atoms with Crippen LogP contribution in [0, 0.1) is 0 Å². The molecule has 1 N–H and O–H groups in total. The van der Waals surface area contributed by atoms with Gasteiger partial charge in [0.25, 0.3) is 0 Å². The van der Waals surface area contributed by atoms with E-state index in [1.165, 1.54) is 0 Å². The summed E-state index contributed by atoms with van der Waals surface area (Å²) in [4.78, 5) is 0. The molecule has 0 saturated carbocycles. The predicted octanol–water partition coefficient (Wildman–Crippen LogP) is 5.41. The fourth-order valence-corrected chi connectivity index (χ4v) is 4.53. The molecule has 31 heavy (non-hydrogen) atoms. The Morgan fingerprint density at radius 3 is 2.61 bits per heavy atom. The van der Waals surface area contributed by atoms with Crippen LogP contribution in [0.5, 0.6) is 23.0 Å². The zero-order chi connectivity index (χ0) is 21.5. The third kappa shape index (κ3) is 3.39. The van der Waals surface area contributed by atoms with Gasteiger partial charge in [-0.3, -0.25) is 0 Å². The van der Waals surface area contributed by atoms with Crippen molar-refractivity contribution in [2.45, 2.75) is 18.7 Å². The molecule has 2 heterocycles. The molecule has 0 radical (unpaired) electrons. The highest BCUT2D eigenvalue weighted by atomic mass is 79.9. The smallest absolute Gasteiger partial charge is 0.217 e. The third-order valence-electron chi connectivity index (χ3n) is 5.67. The van der Waals surface area contributed by atoms with Crippen LogP contribution < -0.4 is 14.2 Å². The highest BCUT2D eigenvalue weighted by molar-refractivity contribution is 9.10. The number of nitrogens with zero attached hydrogens (tertiary/aromatic N) is 2. The van der Waals surface area contributed by atoms with Gasteiger partial charge in [-0.15, -0.1) is 0 Å². The summed E-state index contributed by atoms with van der Waals surface area (Å²) in [5.41, 5.74) is 3.62. The molecule has 6 nitrogen and oxygen atoms in total. The first-order valence-electron chi connectivity index (χ1n) is 9.91. The maximum Gasteiger partial charge on any atom is 0.217 e. The molecule has 3 aromatic rings. The van der Waals surface area contributed by atoms with Crippen LogP contribution in [0.25, 0.3) is 0 Å². The van der Waals surface area contributed by atoms with Gasteiger partial charge in [0.15, 0.2) is 11.5 Å². The summed E-state index contributed by atoms with van der Waals surface area (Å²) in [7, 11) is 3.24. The van der Waals surface area contributed by atoms with Gasteiger partial charge in [0.2, 0.25) is 6.23 Å². The molecular formula is C24H21BrN2O4. The molecule has 0 aliphatic carbocycles. The van der Waals surface area contributed by atoms with E-state index in [1.807, 2.05) is 47.5 Å². The number of hydrogen-bond donors (Lipinski definition) is 1. The third-order valence-corrected chi connectivity index (χ3v) is 6.16. The van der Waals surface area contributed by atoms with Crippen molar-refractivity contribution in [1.29, 1.82) is 0 Å². The van der Waals surface area contributed by atoms with Gasteiger partial charge in [0.05, 0.1) is 31.5 Å². The molecule has 5 rings (SSSR count). The normalized spacial score (nSPS) is 19.2. The number of aromatic hydroxyl groups is 1. The minimum atomic E-state index is -0.546. The summed E-state index contributed by atoms with van der Waals surface area (Å²) >= 11 is 3.50. The van der Waals surface area contributed by atoms with Crippen LogP contribution in [-0.2, 0) is 0 Å². The lowest BCUT2D eigenvalue weighted by Gasteiger charge is -2.38. The summed E-state index contributed by atoms with van der Waals surface area (Å²) in [6.07, 6.45) is 0.163. The van der Waals surface area contributed by atoms with Crippen LogP contribution in [-0.4, -0.2) is 30.0 Å². The van der Waals surface area contributed by atoms with E-state index < -0.39 is 6.23 Å². The van der Waals surface area contributed by atoms with Crippen molar-refractivity contribution in [3.63, 3.8) is 0 Å². The van der Waals surface area contributed by atoms with Gasteiger partial charge >= 0.3 is 0 Å². The Balaban J connectivity index is 1.60. The zero-order valence-electron chi connectivity index (χ0n) is 17.1. The molecule has 2 aliphatic heterocycles. The summed E-state index contributed by atoms with van der Waals surface area (Å²) < 4.78 is 18.0. The van der Waals surface area contributed by atoms with Gasteiger partial charge in [-0.2, -0.15) is 5.10 Å². The number of hydrazone groups is 1. The summed E-state index contributed by atoms with van der Waals surface area (Å²) in [5.74, 6) is 2.30. The number of para-hydroxylation sites is 1. The SMILES string of the molecule is COc1ccc(C2=NN3[C@H](C2)c2ccccc2O[C@H]3c2cc(Br)ccc2O)cc1OC. The van der Waals surface area contributed by atoms with Crippen molar-refractivity contribution in [2.75, 3.05) is 14.2 Å². The summed E-state index contributed by atoms with van der Waals surface area (Å²) in [6, 6.07) is 19.1. The second-order valence-electron chi connectivity index (χ2n) is 7.43. The van der Waals surface area contributed by atoms with Crippen molar-refractivity contribution in [3.8, 4) is 23.0 Å². The van der Waals surface area contributed by atoms with E-state index in [9.17, 15) is 5.11 Å². The molecule has 3 aromatic carbocycles. The maximum absolute atomic E-state index is 10.6. The van der Waals surface area contributed by atoms with Gasteiger partial charge in [-0.05, 0) is 42.5 Å². The van der Waals surface area contributed by atoms with E-state index in [2.05, 4.69) is 22.0 Å². The number of hydrogen-bond acceptors (Lipinski definition) is 6. The maximum atomic E-state index is 10.6. The van der Waals surface area contributed by atoms with E-state index >= 15 is 0 Å². The van der Waals surface area contributed by atoms with Gasteiger partial charge < -0.3 is 19.3 Å². The molecule has 0 spiro atoms. The Bertz CT molecular complexity index is 1180. The molecule has 158 valence electrons. The lowest BCUT2D eigenvalue weighted by Crippen LogP contribution is -2.33. The fourth-order valence-electron chi connectivity index (χ4n) is 4.15. The number of halogens is 1. The number of phenols is 1. The monoisotopic (exact) mass is 480 g/mol. The zero-order valence-corrected chi connectivity index (χ0v) is 18.7. The number of phenolic OH excluding ortho intramolecular Hbond substituents is 1. The first-order chi connectivity index (χ1) is 15.1. The van der Waals surface area contributed by atoms with E-state index in [1.54, 1.807) is 26.4 Å². The second kappa shape index (κ2) is 7.81. The molecule has 7 heteroatoms. The Morgan fingerprint density at radius 2 is 1.81 bits per heavy atom. The Morgan fingerprint density at radius 1 is 1.00 bits per heavy atom. The minimum Gasteiger partial charge on any atom is -0.507 e. The molecule has 0 amide bonds. The van der Waals surface area contributed by atoms with Crippen molar-refractivity contribution < 1.29 is 19.3 Å². The summed E-state index contributed by atoms with van der Waals surface area (Å²) in [6.45, 7) is 0. The second-order valence-corrected chi connectivity index (χ2v) is 8.34. The molecule has 0 aromatic heterocycles. The predicted molar refractivity (Wildman–Crippen MR) is 121 cm³/mol. The van der Waals surface area contributed by atoms with Crippen LogP contribution in [0.15, 0.2) is 70.2 Å². The molecule has 2 aliphatic rings. The largest absolute Gasteiger partial charge is 0.507 e. The molecule has 0 bridgehead atoms. The average Bonchev–Trinajstić information content (AvgIpc) is 3.25. The number of benzene rings is 3. The number of rotatable bonds is 4. The van der Waals surface area contributed by atoms with E-state index in [4.69, 9.17) is 19.3 Å². The first-order valence-corrected chi connectivity index (χ1v) is 10.7. The van der Waals surface area contributed by atoms with Crippen molar-refractivity contribution in [1.82, 2.24) is 5.01 Å². The Hall–Kier alpha value is -3.19. The van der Waals surface area contributed by atoms with Crippen LogP contribution >= 0.6 is 15.9 Å². The standard InChI is InChI=1S/C24H21BrN2O4/c1-29-22-10-7-14(11-23(22)30-2)18-13-19-16-5-3-4-6-21(16)31-24(27(19)26-18)17-12-15(25)8-9-20(17)28/h3-12,19,24,28H,13H2,1-2H3/t19-,24+/m1/s1. The highest BCUT2D eigenvalue weighted by Crippen LogP contribution is 2.49. The Kier molecular flexibility index (Phi) is 4.98. The first kappa shape index (κ1) is 19.8. The molecule has 0 fully saturated rings. The summed E-state index contributed by atoms with van der Waals surface area (Å²) in [5, 5.41) is 17.4. The van der Waals surface area contributed by atoms with Crippen molar-refractivity contribution >= 4 is 21.6 Å². The van der Waals surface area contributed by atoms with Crippen molar-refractivity contribution in [2.24, 2.45) is 5.10 Å². The lowest BCUT2D eigenvalue weighted by molar-refractivity contribution is -0.0203. The van der Waals surface area contributed by atoms with Gasteiger partial charge in [-0.25, -0.2) is 5.01 Å². The number of methoxy groups -OCH3 is 2. The van der Waals surface area contributed by atoms with E-state index in [-0.39, 0.29) is 11.8 Å². The topological polar surface area (TPSA) is 63.5 Å². The molecular weight excluding hydrogens is 460 g/mol. The van der Waals surface area contributed by atoms with Crippen molar-refractivity contribution in [3.05, 3.63) is 81.8 Å². The highest BCUT2D eigenvalue weighted by Gasteiger charge is 2.41. The lowest BCUT2D eigenvalue weighted by atomic mass is 9.95. The number of ether oxygens (including phenoxy) is 3. The number of fused-ring (bicyclic) bond motifs is 3. The minimum absolute atomic E-state index is 0.00331. The van der Waals surface area contributed by atoms with E-state index in [0.29, 0.717) is 23.5 Å². The van der Waals surface area contributed by atoms with E-state index in [0.717, 1.165) is 27.1 Å². The van der Waals surface area contributed by atoms with Gasteiger partial charge in [-0.1, -0.05) is 34.1 Å². The molecule has 0 unspecified atom stereocenters. The van der Waals surface area contributed by atoms with Crippen LogP contribution in [0.4, 0.5) is 0 Å². The van der Waals surface area contributed by atoms with Gasteiger partial charge in [0.1, 0.15) is 11.5 Å². The quantitative estimate of drug-likeness (QED) is 0.540. The van der Waals surface area contributed by atoms with Gasteiger partial charge in [0, 0.05) is 22.0 Å². The van der Waals surface area contributed by atoms with Crippen LogP contribution in [0.2, 0.25) is 0 Å². The average molecular weight is 481 g/mol. The molecule has 2 atom stereocenters. The Labute approximate surface area is 188 Å². The molecule has 0 saturated heterocycles. The fraction of sp³-hybridized carbons (Fsp3) is 0.208.